The summed E-state index contributed by atoms with van der Waals surface area (Å²) in [6, 6.07) is 3.14. The Morgan fingerprint density at radius 2 is 2.29 bits per heavy atom. The molecule has 0 unspecified atom stereocenters. The van der Waals surface area contributed by atoms with Gasteiger partial charge in [0.1, 0.15) is 5.82 Å². The van der Waals surface area contributed by atoms with Crippen LogP contribution in [0.2, 0.25) is 0 Å². The highest BCUT2D eigenvalue weighted by atomic mass is 35.5. The second kappa shape index (κ2) is 5.90. The van der Waals surface area contributed by atoms with E-state index in [9.17, 15) is 14.5 Å². The smallest absolute Gasteiger partial charge is 0.274 e. The molecule has 0 aromatic heterocycles. The molecule has 1 saturated heterocycles. The van der Waals surface area contributed by atoms with Crippen molar-refractivity contribution < 1.29 is 14.1 Å². The largest absolute Gasteiger partial charge is 0.378 e. The zero-order valence-corrected chi connectivity index (χ0v) is 9.71. The fourth-order valence-corrected chi connectivity index (χ4v) is 1.74. The number of nitro benzene ring substituents is 1. The molecule has 0 bridgehead atoms. The highest BCUT2D eigenvalue weighted by Crippen LogP contribution is 2.27. The predicted octanol–water partition coefficient (Wildman–Crippen LogP) is 1.82. The Balaban J connectivity index is 0.00000144. The first-order valence-electron chi connectivity index (χ1n) is 4.93. The minimum absolute atomic E-state index is 0. The van der Waals surface area contributed by atoms with Crippen LogP contribution in [0.3, 0.4) is 0 Å². The first kappa shape index (κ1) is 13.8. The zero-order chi connectivity index (χ0) is 11.5. The lowest BCUT2D eigenvalue weighted by molar-refractivity contribution is -0.385. The predicted molar refractivity (Wildman–Crippen MR) is 61.9 cm³/mol. The van der Waals surface area contributed by atoms with Crippen LogP contribution < -0.4 is 5.32 Å². The van der Waals surface area contributed by atoms with E-state index in [1.807, 2.05) is 0 Å². The van der Waals surface area contributed by atoms with Crippen molar-refractivity contribution in [1.29, 1.82) is 0 Å². The van der Waals surface area contributed by atoms with E-state index in [-0.39, 0.29) is 24.1 Å². The SMILES string of the molecule is Cl.O=[N+]([O-])c1ccc(F)cc1[C@H]1COCCN1. The van der Waals surface area contributed by atoms with Gasteiger partial charge in [-0.05, 0) is 12.1 Å². The first-order chi connectivity index (χ1) is 7.68. The maximum absolute atomic E-state index is 13.1. The van der Waals surface area contributed by atoms with E-state index in [1.54, 1.807) is 0 Å². The number of ether oxygens (including phenoxy) is 1. The lowest BCUT2D eigenvalue weighted by atomic mass is 10.0. The first-order valence-corrected chi connectivity index (χ1v) is 4.93. The second-order valence-corrected chi connectivity index (χ2v) is 3.54. The number of morpholine rings is 1. The molecule has 94 valence electrons. The van der Waals surface area contributed by atoms with Gasteiger partial charge in [-0.25, -0.2) is 4.39 Å². The Labute approximate surface area is 104 Å². The van der Waals surface area contributed by atoms with Crippen molar-refractivity contribution in [2.75, 3.05) is 19.8 Å². The van der Waals surface area contributed by atoms with E-state index in [1.165, 1.54) is 12.1 Å². The topological polar surface area (TPSA) is 64.4 Å². The monoisotopic (exact) mass is 262 g/mol. The van der Waals surface area contributed by atoms with Gasteiger partial charge in [0.15, 0.2) is 0 Å². The Hall–Kier alpha value is -1.24. The van der Waals surface area contributed by atoms with E-state index in [4.69, 9.17) is 4.74 Å². The second-order valence-electron chi connectivity index (χ2n) is 3.54. The molecule has 0 aliphatic carbocycles. The summed E-state index contributed by atoms with van der Waals surface area (Å²) in [5.41, 5.74) is 0.258. The molecular formula is C10H12ClFN2O3. The van der Waals surface area contributed by atoms with E-state index < -0.39 is 10.7 Å². The molecule has 0 spiro atoms. The molecule has 1 atom stereocenters. The van der Waals surface area contributed by atoms with E-state index in [0.717, 1.165) is 6.07 Å². The van der Waals surface area contributed by atoms with Gasteiger partial charge in [0.2, 0.25) is 0 Å². The molecule has 2 rings (SSSR count). The Morgan fingerprint density at radius 3 is 2.88 bits per heavy atom. The van der Waals surface area contributed by atoms with Gasteiger partial charge in [0, 0.05) is 12.6 Å². The molecule has 0 radical (unpaired) electrons. The molecule has 5 nitrogen and oxygen atoms in total. The summed E-state index contributed by atoms with van der Waals surface area (Å²) in [6.45, 7) is 1.50. The molecule has 1 fully saturated rings. The molecule has 7 heteroatoms. The van der Waals surface area contributed by atoms with Crippen LogP contribution in [-0.4, -0.2) is 24.7 Å². The molecule has 0 amide bonds. The average molecular weight is 263 g/mol. The van der Waals surface area contributed by atoms with Crippen LogP contribution >= 0.6 is 12.4 Å². The third-order valence-corrected chi connectivity index (χ3v) is 2.48. The summed E-state index contributed by atoms with van der Waals surface area (Å²) in [6.07, 6.45) is 0. The van der Waals surface area contributed by atoms with Crippen molar-refractivity contribution in [1.82, 2.24) is 5.32 Å². The van der Waals surface area contributed by atoms with Crippen molar-refractivity contribution in [2.24, 2.45) is 0 Å². The Morgan fingerprint density at radius 1 is 1.53 bits per heavy atom. The van der Waals surface area contributed by atoms with Gasteiger partial charge >= 0.3 is 0 Å². The molecule has 1 N–H and O–H groups in total. The molecule has 1 aromatic carbocycles. The number of nitrogens with zero attached hydrogens (tertiary/aromatic N) is 1. The van der Waals surface area contributed by atoms with Crippen molar-refractivity contribution in [3.05, 3.63) is 39.7 Å². The summed E-state index contributed by atoms with van der Waals surface area (Å²) in [5, 5.41) is 13.9. The van der Waals surface area contributed by atoms with Crippen LogP contribution in [0.5, 0.6) is 0 Å². The van der Waals surface area contributed by atoms with E-state index in [0.29, 0.717) is 25.3 Å². The molecule has 1 aromatic rings. The lowest BCUT2D eigenvalue weighted by Gasteiger charge is -2.23. The molecule has 1 heterocycles. The van der Waals surface area contributed by atoms with Gasteiger partial charge in [-0.3, -0.25) is 10.1 Å². The number of nitrogens with one attached hydrogen (secondary N) is 1. The van der Waals surface area contributed by atoms with Crippen LogP contribution in [0.25, 0.3) is 0 Å². The quantitative estimate of drug-likeness (QED) is 0.652. The molecule has 1 aliphatic rings. The summed E-state index contributed by atoms with van der Waals surface area (Å²) < 4.78 is 18.3. The van der Waals surface area contributed by atoms with E-state index >= 15 is 0 Å². The number of benzene rings is 1. The van der Waals surface area contributed by atoms with Crippen molar-refractivity contribution in [2.45, 2.75) is 6.04 Å². The maximum Gasteiger partial charge on any atom is 0.274 e. The van der Waals surface area contributed by atoms with Gasteiger partial charge in [0.05, 0.1) is 29.7 Å². The number of rotatable bonds is 2. The fraction of sp³-hybridized carbons (Fsp3) is 0.400. The highest BCUT2D eigenvalue weighted by molar-refractivity contribution is 5.85. The normalized spacial score (nSPS) is 19.5. The van der Waals surface area contributed by atoms with Gasteiger partial charge in [0.25, 0.3) is 5.69 Å². The molecule has 0 saturated carbocycles. The number of hydrogen-bond donors (Lipinski definition) is 1. The van der Waals surface area contributed by atoms with Crippen LogP contribution in [0.1, 0.15) is 11.6 Å². The Kier molecular flexibility index (Phi) is 4.80. The molecule has 17 heavy (non-hydrogen) atoms. The van der Waals surface area contributed by atoms with Gasteiger partial charge in [-0.1, -0.05) is 0 Å². The molecular weight excluding hydrogens is 251 g/mol. The van der Waals surface area contributed by atoms with Crippen molar-refractivity contribution in [3.63, 3.8) is 0 Å². The maximum atomic E-state index is 13.1. The van der Waals surface area contributed by atoms with Gasteiger partial charge in [-0.15, -0.1) is 12.4 Å². The number of halogens is 2. The summed E-state index contributed by atoms with van der Waals surface area (Å²) >= 11 is 0. The number of hydrogen-bond acceptors (Lipinski definition) is 4. The summed E-state index contributed by atoms with van der Waals surface area (Å²) in [5.74, 6) is -0.479. The van der Waals surface area contributed by atoms with Gasteiger partial charge < -0.3 is 10.1 Å². The molecule has 1 aliphatic heterocycles. The Bertz CT molecular complexity index is 411. The average Bonchev–Trinajstić information content (AvgIpc) is 2.29. The van der Waals surface area contributed by atoms with Crippen LogP contribution in [0.4, 0.5) is 10.1 Å². The standard InChI is InChI=1S/C10H11FN2O3.ClH/c11-7-1-2-10(13(14)15)8(5-7)9-6-16-4-3-12-9;/h1-2,5,9,12H,3-4,6H2;1H/t9-;/m1./s1. The van der Waals surface area contributed by atoms with E-state index in [2.05, 4.69) is 5.32 Å². The third-order valence-electron chi connectivity index (χ3n) is 2.48. The third kappa shape index (κ3) is 3.12. The summed E-state index contributed by atoms with van der Waals surface area (Å²) in [4.78, 5) is 10.3. The summed E-state index contributed by atoms with van der Waals surface area (Å²) in [7, 11) is 0. The zero-order valence-electron chi connectivity index (χ0n) is 8.89. The number of nitro groups is 1. The minimum Gasteiger partial charge on any atom is -0.378 e. The van der Waals surface area contributed by atoms with Crippen LogP contribution in [-0.2, 0) is 4.74 Å². The van der Waals surface area contributed by atoms with Gasteiger partial charge in [-0.2, -0.15) is 0 Å². The van der Waals surface area contributed by atoms with Crippen LogP contribution in [0, 0.1) is 15.9 Å². The lowest BCUT2D eigenvalue weighted by Crippen LogP contribution is -2.34. The fourth-order valence-electron chi connectivity index (χ4n) is 1.74. The van der Waals surface area contributed by atoms with Crippen LogP contribution in [0.15, 0.2) is 18.2 Å². The highest BCUT2D eigenvalue weighted by Gasteiger charge is 2.24. The minimum atomic E-state index is -0.509. The van der Waals surface area contributed by atoms with Crippen molar-refractivity contribution >= 4 is 18.1 Å². The van der Waals surface area contributed by atoms with Crippen molar-refractivity contribution in [3.8, 4) is 0 Å².